The molecule has 4 rings (SSSR count). The van der Waals surface area contributed by atoms with Gasteiger partial charge in [-0.1, -0.05) is 60.7 Å². The number of hydrogen-bond donors (Lipinski definition) is 2. The molecule has 34 heavy (non-hydrogen) atoms. The highest BCUT2D eigenvalue weighted by atomic mass is 19.3. The fourth-order valence-corrected chi connectivity index (χ4v) is 3.90. The smallest absolute Gasteiger partial charge is 0.351 e. The Bertz CT molecular complexity index is 1130. The van der Waals surface area contributed by atoms with Gasteiger partial charge < -0.3 is 25.1 Å². The normalized spacial score (nSPS) is 24.5. The number of hydrogen-bond acceptors (Lipinski definition) is 7. The van der Waals surface area contributed by atoms with Crippen LogP contribution in [0.4, 0.5) is 14.6 Å². The maximum atomic E-state index is 14.6. The van der Waals surface area contributed by atoms with Gasteiger partial charge in [-0.3, -0.25) is 4.57 Å². The number of anilines is 1. The molecule has 0 radical (unpaired) electrons. The number of aliphatic hydroxyl groups excluding tert-OH is 1. The molecule has 1 aliphatic heterocycles. The summed E-state index contributed by atoms with van der Waals surface area (Å²) >= 11 is 0. The van der Waals surface area contributed by atoms with Crippen molar-refractivity contribution in [3.05, 3.63) is 94.5 Å². The molecule has 0 aliphatic carbocycles. The lowest BCUT2D eigenvalue weighted by Gasteiger charge is -2.33. The third-order valence-electron chi connectivity index (χ3n) is 5.63. The molecule has 180 valence electrons. The SMILES string of the molecule is Nc1ccn([C@@H]2O[C@@](COCc3ccccc3)(C(F)F)[C@@H](OCc3ccccc3)[C@H]2O)c(=O)n1. The second kappa shape index (κ2) is 10.4. The Balaban J connectivity index is 1.62. The van der Waals surface area contributed by atoms with Gasteiger partial charge in [-0.15, -0.1) is 0 Å². The van der Waals surface area contributed by atoms with Gasteiger partial charge in [0.1, 0.15) is 18.0 Å². The number of aliphatic hydroxyl groups is 1. The van der Waals surface area contributed by atoms with Gasteiger partial charge in [0, 0.05) is 6.20 Å². The molecular formula is C24H25F2N3O5. The minimum atomic E-state index is -3.10. The zero-order chi connectivity index (χ0) is 24.1. The lowest BCUT2D eigenvalue weighted by atomic mass is 9.96. The molecule has 0 bridgehead atoms. The van der Waals surface area contributed by atoms with Crippen LogP contribution >= 0.6 is 0 Å². The highest BCUT2D eigenvalue weighted by molar-refractivity contribution is 5.24. The van der Waals surface area contributed by atoms with Crippen molar-refractivity contribution in [2.75, 3.05) is 12.3 Å². The van der Waals surface area contributed by atoms with Crippen LogP contribution in [0.3, 0.4) is 0 Å². The molecule has 8 nitrogen and oxygen atoms in total. The molecule has 4 atom stereocenters. The van der Waals surface area contributed by atoms with Crippen LogP contribution in [0.15, 0.2) is 77.7 Å². The zero-order valence-corrected chi connectivity index (χ0v) is 18.2. The van der Waals surface area contributed by atoms with E-state index < -0.39 is 42.8 Å². The molecule has 2 heterocycles. The van der Waals surface area contributed by atoms with Crippen molar-refractivity contribution in [2.24, 2.45) is 0 Å². The minimum absolute atomic E-state index is 0.0445. The van der Waals surface area contributed by atoms with Crippen LogP contribution in [0.2, 0.25) is 0 Å². The largest absolute Gasteiger partial charge is 0.386 e. The Kier molecular flexibility index (Phi) is 7.32. The average molecular weight is 473 g/mol. The van der Waals surface area contributed by atoms with E-state index in [9.17, 15) is 18.7 Å². The van der Waals surface area contributed by atoms with Crippen LogP contribution < -0.4 is 11.4 Å². The molecule has 0 saturated carbocycles. The van der Waals surface area contributed by atoms with Crippen LogP contribution in [0.5, 0.6) is 0 Å². The van der Waals surface area contributed by atoms with Crippen molar-refractivity contribution in [1.82, 2.24) is 9.55 Å². The van der Waals surface area contributed by atoms with Gasteiger partial charge in [0.2, 0.25) is 0 Å². The number of nitrogen functional groups attached to an aromatic ring is 1. The maximum Gasteiger partial charge on any atom is 0.351 e. The Morgan fingerprint density at radius 3 is 2.26 bits per heavy atom. The minimum Gasteiger partial charge on any atom is -0.386 e. The first-order valence-electron chi connectivity index (χ1n) is 10.7. The van der Waals surface area contributed by atoms with E-state index in [0.717, 1.165) is 15.7 Å². The Hall–Kier alpha value is -3.18. The predicted molar refractivity (Wildman–Crippen MR) is 119 cm³/mol. The van der Waals surface area contributed by atoms with Gasteiger partial charge in [0.15, 0.2) is 11.8 Å². The van der Waals surface area contributed by atoms with Crippen molar-refractivity contribution >= 4 is 5.82 Å². The Morgan fingerprint density at radius 2 is 1.68 bits per heavy atom. The number of ether oxygens (including phenoxy) is 3. The van der Waals surface area contributed by atoms with Crippen molar-refractivity contribution in [3.8, 4) is 0 Å². The molecule has 0 spiro atoms. The van der Waals surface area contributed by atoms with E-state index in [0.29, 0.717) is 0 Å². The number of nitrogens with zero attached hydrogens (tertiary/aromatic N) is 2. The first-order valence-corrected chi connectivity index (χ1v) is 10.7. The Morgan fingerprint density at radius 1 is 1.06 bits per heavy atom. The van der Waals surface area contributed by atoms with E-state index in [1.807, 2.05) is 12.1 Å². The molecule has 1 fully saturated rings. The second-order valence-corrected chi connectivity index (χ2v) is 7.99. The van der Waals surface area contributed by atoms with E-state index in [1.165, 1.54) is 12.3 Å². The van der Waals surface area contributed by atoms with E-state index in [-0.39, 0.29) is 19.0 Å². The summed E-state index contributed by atoms with van der Waals surface area (Å²) in [7, 11) is 0. The third-order valence-corrected chi connectivity index (χ3v) is 5.63. The van der Waals surface area contributed by atoms with Crippen LogP contribution in [-0.4, -0.2) is 45.5 Å². The van der Waals surface area contributed by atoms with Crippen molar-refractivity contribution in [2.45, 2.75) is 43.7 Å². The van der Waals surface area contributed by atoms with E-state index >= 15 is 0 Å². The number of alkyl halides is 2. The first kappa shape index (κ1) is 24.0. The molecule has 0 amide bonds. The fourth-order valence-electron chi connectivity index (χ4n) is 3.90. The summed E-state index contributed by atoms with van der Waals surface area (Å²) in [6.45, 7) is -0.585. The topological polar surface area (TPSA) is 109 Å². The van der Waals surface area contributed by atoms with E-state index in [2.05, 4.69) is 4.98 Å². The molecule has 0 unspecified atom stereocenters. The van der Waals surface area contributed by atoms with Gasteiger partial charge in [0.25, 0.3) is 6.43 Å². The summed E-state index contributed by atoms with van der Waals surface area (Å²) in [6.07, 6.45) is -6.45. The lowest BCUT2D eigenvalue weighted by Crippen LogP contribution is -2.53. The van der Waals surface area contributed by atoms with Crippen LogP contribution in [0, 0.1) is 0 Å². The average Bonchev–Trinajstić information content (AvgIpc) is 3.11. The van der Waals surface area contributed by atoms with Crippen LogP contribution in [-0.2, 0) is 27.4 Å². The molecule has 2 aromatic carbocycles. The van der Waals surface area contributed by atoms with Gasteiger partial charge in [0.05, 0.1) is 19.8 Å². The zero-order valence-electron chi connectivity index (χ0n) is 18.2. The van der Waals surface area contributed by atoms with E-state index in [4.69, 9.17) is 19.9 Å². The van der Waals surface area contributed by atoms with Gasteiger partial charge in [-0.25, -0.2) is 13.6 Å². The van der Waals surface area contributed by atoms with Crippen LogP contribution in [0.25, 0.3) is 0 Å². The molecule has 1 aromatic heterocycles. The molecular weight excluding hydrogens is 448 g/mol. The number of rotatable bonds is 9. The van der Waals surface area contributed by atoms with Crippen molar-refractivity contribution < 1.29 is 28.1 Å². The summed E-state index contributed by atoms with van der Waals surface area (Å²) in [5.41, 5.74) is 3.85. The Labute approximate surface area is 194 Å². The van der Waals surface area contributed by atoms with Crippen molar-refractivity contribution in [1.29, 1.82) is 0 Å². The van der Waals surface area contributed by atoms with Gasteiger partial charge in [-0.05, 0) is 17.2 Å². The predicted octanol–water partition coefficient (Wildman–Crippen LogP) is 2.52. The molecule has 3 aromatic rings. The number of halogens is 2. The van der Waals surface area contributed by atoms with Gasteiger partial charge >= 0.3 is 5.69 Å². The van der Waals surface area contributed by atoms with Crippen LogP contribution in [0.1, 0.15) is 17.4 Å². The highest BCUT2D eigenvalue weighted by Crippen LogP contribution is 2.43. The summed E-state index contributed by atoms with van der Waals surface area (Å²) in [4.78, 5) is 16.0. The summed E-state index contributed by atoms with van der Waals surface area (Å²) in [5.74, 6) is -0.0445. The lowest BCUT2D eigenvalue weighted by molar-refractivity contribution is -0.215. The van der Waals surface area contributed by atoms with E-state index in [1.54, 1.807) is 48.5 Å². The highest BCUT2D eigenvalue weighted by Gasteiger charge is 2.62. The fraction of sp³-hybridized carbons (Fsp3) is 0.333. The molecule has 1 aliphatic rings. The third kappa shape index (κ3) is 5.00. The summed E-state index contributed by atoms with van der Waals surface area (Å²) in [5, 5.41) is 11.0. The quantitative estimate of drug-likeness (QED) is 0.492. The first-order chi connectivity index (χ1) is 16.4. The molecule has 10 heteroatoms. The maximum absolute atomic E-state index is 14.6. The number of benzene rings is 2. The number of aromatic nitrogens is 2. The van der Waals surface area contributed by atoms with Crippen molar-refractivity contribution in [3.63, 3.8) is 0 Å². The summed E-state index contributed by atoms with van der Waals surface area (Å²) in [6, 6.07) is 19.3. The molecule has 3 N–H and O–H groups in total. The second-order valence-electron chi connectivity index (χ2n) is 7.99. The number of nitrogens with two attached hydrogens (primary N) is 1. The monoisotopic (exact) mass is 473 g/mol. The summed E-state index contributed by atoms with van der Waals surface area (Å²) < 4.78 is 47.2. The standard InChI is InChI=1S/C24H25F2N3O5/c25-22(26)24(15-32-13-16-7-3-1-4-8-16)20(33-14-17-9-5-2-6-10-17)19(30)21(34-24)29-12-11-18(27)28-23(29)31/h1-12,19-22,30H,13-15H2,(H2,27,28,31)/t19-,20+,21-,24-/m1/s1. The van der Waals surface area contributed by atoms with Gasteiger partial charge in [-0.2, -0.15) is 4.98 Å². The molecule has 1 saturated heterocycles.